The van der Waals surface area contributed by atoms with Gasteiger partial charge in [-0.15, -0.1) is 0 Å². The lowest BCUT2D eigenvalue weighted by Gasteiger charge is -2.33. The summed E-state index contributed by atoms with van der Waals surface area (Å²) in [4.78, 5) is 13.7. The van der Waals surface area contributed by atoms with E-state index in [0.717, 1.165) is 12.8 Å². The largest absolute Gasteiger partial charge is 0.444 e. The average molecular weight is 291 g/mol. The van der Waals surface area contributed by atoms with Crippen LogP contribution in [0.4, 0.5) is 4.79 Å². The molecular weight excluding hydrogens is 266 g/mol. The highest BCUT2D eigenvalue weighted by molar-refractivity contribution is 5.68. The van der Waals surface area contributed by atoms with Crippen LogP contribution in [-0.4, -0.2) is 35.8 Å². The van der Waals surface area contributed by atoms with Crippen LogP contribution >= 0.6 is 0 Å². The topological polar surface area (TPSA) is 38.8 Å². The number of nitrogens with zero attached hydrogens (tertiary/aromatic N) is 1. The van der Waals surface area contributed by atoms with Crippen molar-refractivity contribution in [3.63, 3.8) is 0 Å². The first-order valence-corrected chi connectivity index (χ1v) is 7.57. The highest BCUT2D eigenvalue weighted by atomic mass is 16.6. The van der Waals surface area contributed by atoms with Crippen molar-refractivity contribution in [1.29, 1.82) is 0 Å². The van der Waals surface area contributed by atoms with Gasteiger partial charge in [-0.3, -0.25) is 0 Å². The van der Waals surface area contributed by atoms with Gasteiger partial charge in [-0.1, -0.05) is 30.3 Å². The minimum atomic E-state index is -0.433. The van der Waals surface area contributed by atoms with Gasteiger partial charge in [-0.2, -0.15) is 0 Å². The number of benzene rings is 1. The third-order valence-corrected chi connectivity index (χ3v) is 3.42. The number of hydrogen-bond acceptors (Lipinski definition) is 3. The minimum Gasteiger partial charge on any atom is -0.444 e. The van der Waals surface area contributed by atoms with Crippen molar-refractivity contribution in [2.75, 3.05) is 13.1 Å². The fourth-order valence-electron chi connectivity index (χ4n) is 2.32. The van der Waals surface area contributed by atoms with Crippen molar-refractivity contribution in [2.45, 2.75) is 51.9 Å². The van der Waals surface area contributed by atoms with E-state index in [4.69, 9.17) is 9.47 Å². The highest BCUT2D eigenvalue weighted by Crippen LogP contribution is 2.18. The van der Waals surface area contributed by atoms with Crippen LogP contribution in [0.2, 0.25) is 0 Å². The van der Waals surface area contributed by atoms with Gasteiger partial charge in [0.25, 0.3) is 0 Å². The highest BCUT2D eigenvalue weighted by Gasteiger charge is 2.27. The summed E-state index contributed by atoms with van der Waals surface area (Å²) in [5, 5.41) is 0. The summed E-state index contributed by atoms with van der Waals surface area (Å²) in [7, 11) is 0. The summed E-state index contributed by atoms with van der Waals surface area (Å²) in [6.45, 7) is 7.71. The fraction of sp³-hybridized carbons (Fsp3) is 0.588. The Bertz CT molecular complexity index is 445. The first kappa shape index (κ1) is 15.8. The Balaban J connectivity index is 1.72. The van der Waals surface area contributed by atoms with Gasteiger partial charge in [-0.05, 0) is 39.2 Å². The van der Waals surface area contributed by atoms with Crippen molar-refractivity contribution in [3.8, 4) is 0 Å². The molecule has 116 valence electrons. The molecule has 0 spiro atoms. The number of amides is 1. The quantitative estimate of drug-likeness (QED) is 0.854. The maximum absolute atomic E-state index is 12.0. The zero-order valence-electron chi connectivity index (χ0n) is 13.2. The number of likely N-dealkylation sites (tertiary alicyclic amines) is 1. The standard InChI is InChI=1S/C17H25NO3/c1-17(2,3)21-16(19)18-11-9-15(10-12-18)20-13-14-7-5-4-6-8-14/h4-8,15H,9-13H2,1-3H3. The van der Waals surface area contributed by atoms with Gasteiger partial charge in [0, 0.05) is 13.1 Å². The Kier molecular flexibility index (Phi) is 5.23. The van der Waals surface area contributed by atoms with Crippen LogP contribution in [0.3, 0.4) is 0 Å². The molecule has 0 radical (unpaired) electrons. The number of carbonyl (C=O) groups is 1. The number of hydrogen-bond donors (Lipinski definition) is 0. The van der Waals surface area contributed by atoms with Crippen LogP contribution in [0.15, 0.2) is 30.3 Å². The van der Waals surface area contributed by atoms with Gasteiger partial charge >= 0.3 is 6.09 Å². The first-order valence-electron chi connectivity index (χ1n) is 7.57. The molecule has 2 rings (SSSR count). The van der Waals surface area contributed by atoms with E-state index in [9.17, 15) is 4.79 Å². The molecule has 1 aliphatic rings. The molecule has 0 aliphatic carbocycles. The summed E-state index contributed by atoms with van der Waals surface area (Å²) in [6, 6.07) is 10.2. The molecule has 1 fully saturated rings. The average Bonchev–Trinajstić information content (AvgIpc) is 2.45. The van der Waals surface area contributed by atoms with Crippen LogP contribution in [0.5, 0.6) is 0 Å². The van der Waals surface area contributed by atoms with E-state index >= 15 is 0 Å². The molecule has 0 aromatic heterocycles. The maximum Gasteiger partial charge on any atom is 0.410 e. The molecule has 0 atom stereocenters. The van der Waals surface area contributed by atoms with Crippen molar-refractivity contribution < 1.29 is 14.3 Å². The maximum atomic E-state index is 12.0. The fourth-order valence-corrected chi connectivity index (χ4v) is 2.32. The number of piperidine rings is 1. The molecule has 0 unspecified atom stereocenters. The van der Waals surface area contributed by atoms with Gasteiger partial charge in [-0.25, -0.2) is 4.79 Å². The molecule has 1 heterocycles. The van der Waals surface area contributed by atoms with E-state index in [1.165, 1.54) is 5.56 Å². The SMILES string of the molecule is CC(C)(C)OC(=O)N1CCC(OCc2ccccc2)CC1. The normalized spacial score (nSPS) is 16.8. The molecular formula is C17H25NO3. The van der Waals surface area contributed by atoms with E-state index in [1.807, 2.05) is 39.0 Å². The van der Waals surface area contributed by atoms with Crippen molar-refractivity contribution in [2.24, 2.45) is 0 Å². The van der Waals surface area contributed by atoms with Gasteiger partial charge in [0.1, 0.15) is 5.60 Å². The van der Waals surface area contributed by atoms with E-state index in [0.29, 0.717) is 19.7 Å². The molecule has 0 bridgehead atoms. The second-order valence-electron chi connectivity index (χ2n) is 6.46. The minimum absolute atomic E-state index is 0.219. The summed E-state index contributed by atoms with van der Waals surface area (Å²) in [6.07, 6.45) is 1.74. The Hall–Kier alpha value is -1.55. The third-order valence-electron chi connectivity index (χ3n) is 3.42. The summed E-state index contributed by atoms with van der Waals surface area (Å²) < 4.78 is 11.3. The molecule has 1 amide bonds. The van der Waals surface area contributed by atoms with Crippen LogP contribution in [-0.2, 0) is 16.1 Å². The van der Waals surface area contributed by atoms with Crippen LogP contribution < -0.4 is 0 Å². The van der Waals surface area contributed by atoms with E-state index in [2.05, 4.69) is 12.1 Å². The van der Waals surface area contributed by atoms with E-state index in [1.54, 1.807) is 4.90 Å². The van der Waals surface area contributed by atoms with Crippen LogP contribution in [0.1, 0.15) is 39.2 Å². The van der Waals surface area contributed by atoms with Crippen molar-refractivity contribution in [3.05, 3.63) is 35.9 Å². The first-order chi connectivity index (χ1) is 9.94. The predicted octanol–water partition coefficient (Wildman–Crippen LogP) is 3.60. The molecule has 4 nitrogen and oxygen atoms in total. The summed E-state index contributed by atoms with van der Waals surface area (Å²) >= 11 is 0. The lowest BCUT2D eigenvalue weighted by atomic mass is 10.1. The number of ether oxygens (including phenoxy) is 2. The molecule has 1 aliphatic heterocycles. The zero-order valence-corrected chi connectivity index (χ0v) is 13.2. The van der Waals surface area contributed by atoms with Gasteiger partial charge in [0.05, 0.1) is 12.7 Å². The molecule has 21 heavy (non-hydrogen) atoms. The molecule has 0 N–H and O–H groups in total. The lowest BCUT2D eigenvalue weighted by molar-refractivity contribution is -0.0170. The molecule has 0 saturated carbocycles. The number of rotatable bonds is 3. The third kappa shape index (κ3) is 5.38. The van der Waals surface area contributed by atoms with Crippen LogP contribution in [0, 0.1) is 0 Å². The number of carbonyl (C=O) groups excluding carboxylic acids is 1. The molecule has 1 saturated heterocycles. The monoisotopic (exact) mass is 291 g/mol. The molecule has 1 aromatic rings. The van der Waals surface area contributed by atoms with Crippen molar-refractivity contribution in [1.82, 2.24) is 4.90 Å². The lowest BCUT2D eigenvalue weighted by Crippen LogP contribution is -2.43. The smallest absolute Gasteiger partial charge is 0.410 e. The predicted molar refractivity (Wildman–Crippen MR) is 82.1 cm³/mol. The second-order valence-corrected chi connectivity index (χ2v) is 6.46. The summed E-state index contributed by atoms with van der Waals surface area (Å²) in [5.41, 5.74) is 0.754. The zero-order chi connectivity index (χ0) is 15.3. The van der Waals surface area contributed by atoms with E-state index in [-0.39, 0.29) is 12.2 Å². The Morgan fingerprint density at radius 1 is 1.19 bits per heavy atom. The van der Waals surface area contributed by atoms with E-state index < -0.39 is 5.60 Å². The Morgan fingerprint density at radius 3 is 2.38 bits per heavy atom. The Morgan fingerprint density at radius 2 is 1.81 bits per heavy atom. The van der Waals surface area contributed by atoms with Gasteiger partial charge in [0.15, 0.2) is 0 Å². The van der Waals surface area contributed by atoms with Crippen molar-refractivity contribution >= 4 is 6.09 Å². The van der Waals surface area contributed by atoms with Gasteiger partial charge < -0.3 is 14.4 Å². The molecule has 1 aromatic carbocycles. The van der Waals surface area contributed by atoms with Crippen LogP contribution in [0.25, 0.3) is 0 Å². The Labute approximate surface area is 127 Å². The second kappa shape index (κ2) is 6.94. The summed E-state index contributed by atoms with van der Waals surface area (Å²) in [5.74, 6) is 0. The molecule has 4 heteroatoms. The van der Waals surface area contributed by atoms with Gasteiger partial charge in [0.2, 0.25) is 0 Å².